The quantitative estimate of drug-likeness (QED) is 0.541. The van der Waals surface area contributed by atoms with Gasteiger partial charge in [-0.15, -0.1) is 0 Å². The Morgan fingerprint density at radius 3 is 3.27 bits per heavy atom. The zero-order chi connectivity index (χ0) is 7.68. The van der Waals surface area contributed by atoms with Crippen molar-refractivity contribution in [1.82, 2.24) is 10.3 Å². The molecule has 0 amide bonds. The lowest BCUT2D eigenvalue weighted by molar-refractivity contribution is 1.12. The van der Waals surface area contributed by atoms with E-state index in [4.69, 9.17) is 0 Å². The monoisotopic (exact) mass is 144 g/mol. The number of allylic oxidation sites excluding steroid dienone is 1. The van der Waals surface area contributed by atoms with Gasteiger partial charge in [0, 0.05) is 23.3 Å². The van der Waals surface area contributed by atoms with Crippen molar-refractivity contribution < 1.29 is 0 Å². The van der Waals surface area contributed by atoms with Gasteiger partial charge in [-0.25, -0.2) is 0 Å². The minimum absolute atomic E-state index is 0.908. The molecular weight excluding hydrogens is 136 g/mol. The van der Waals surface area contributed by atoms with Gasteiger partial charge in [-0.3, -0.25) is 4.98 Å². The van der Waals surface area contributed by atoms with Crippen LogP contribution in [0.25, 0.3) is 12.3 Å². The molecule has 0 aromatic carbocycles. The number of pyridine rings is 1. The third-order valence-corrected chi connectivity index (χ3v) is 1.60. The Morgan fingerprint density at radius 1 is 1.45 bits per heavy atom. The fraction of sp³-hybridized carbons (Fsp3) is 0. The number of fused-ring (bicyclic) bond motifs is 1. The predicted molar refractivity (Wildman–Crippen MR) is 44.7 cm³/mol. The molecule has 0 bridgehead atoms. The van der Waals surface area contributed by atoms with Crippen LogP contribution in [0, 0.1) is 0 Å². The molecular formula is C9H8N2. The van der Waals surface area contributed by atoms with E-state index < -0.39 is 0 Å². The minimum Gasteiger partial charge on any atom is -0.360 e. The molecule has 1 aromatic rings. The van der Waals surface area contributed by atoms with Gasteiger partial charge in [0.2, 0.25) is 0 Å². The molecule has 0 radical (unpaired) electrons. The summed E-state index contributed by atoms with van der Waals surface area (Å²) >= 11 is 0. The lowest BCUT2D eigenvalue weighted by Gasteiger charge is -2.03. The summed E-state index contributed by atoms with van der Waals surface area (Å²) in [5.41, 5.74) is 0.908. The van der Waals surface area contributed by atoms with Gasteiger partial charge in [-0.05, 0) is 12.1 Å². The zero-order valence-electron chi connectivity index (χ0n) is 6.04. The van der Waals surface area contributed by atoms with Crippen LogP contribution in [0.15, 0.2) is 30.6 Å². The molecule has 11 heavy (non-hydrogen) atoms. The molecule has 2 heterocycles. The van der Waals surface area contributed by atoms with E-state index >= 15 is 0 Å². The van der Waals surface area contributed by atoms with E-state index in [2.05, 4.69) is 16.9 Å². The first kappa shape index (κ1) is 6.16. The Hall–Kier alpha value is -1.57. The summed E-state index contributed by atoms with van der Waals surface area (Å²) in [5, 5.41) is 5.09. The van der Waals surface area contributed by atoms with E-state index in [0.717, 1.165) is 16.3 Å². The molecule has 2 heteroatoms. The molecule has 1 aromatic heterocycles. The summed E-state index contributed by atoms with van der Waals surface area (Å²) < 4.78 is 0. The van der Waals surface area contributed by atoms with Crippen LogP contribution in [0.4, 0.5) is 0 Å². The van der Waals surface area contributed by atoms with Crippen LogP contribution in [-0.2, 0) is 0 Å². The summed E-state index contributed by atoms with van der Waals surface area (Å²) in [6.07, 6.45) is 5.61. The lowest BCUT2D eigenvalue weighted by atomic mass is 10.2. The standard InChI is InChI=1S/C9H8N2/c1-7-5-8-3-2-4-10-9(8)6-11-7/h2-6,11H,1H2. The molecule has 0 saturated heterocycles. The second-order valence-electron chi connectivity index (χ2n) is 2.44. The molecule has 1 aliphatic rings. The van der Waals surface area contributed by atoms with E-state index in [-0.39, 0.29) is 0 Å². The maximum atomic E-state index is 4.16. The number of aromatic nitrogens is 1. The van der Waals surface area contributed by atoms with E-state index in [1.54, 1.807) is 6.20 Å². The van der Waals surface area contributed by atoms with E-state index in [0.29, 0.717) is 0 Å². The second kappa shape index (κ2) is 2.23. The maximum Gasteiger partial charge on any atom is 0.0862 e. The Balaban J connectivity index is 2.83. The van der Waals surface area contributed by atoms with Crippen molar-refractivity contribution in [2.75, 3.05) is 0 Å². The molecule has 2 rings (SSSR count). The van der Waals surface area contributed by atoms with Gasteiger partial charge in [0.05, 0.1) is 5.35 Å². The first-order valence-corrected chi connectivity index (χ1v) is 3.45. The molecule has 0 atom stereocenters. The summed E-state index contributed by atoms with van der Waals surface area (Å²) in [5.74, 6) is 0. The van der Waals surface area contributed by atoms with Crippen molar-refractivity contribution in [2.45, 2.75) is 0 Å². The van der Waals surface area contributed by atoms with Crippen LogP contribution in [0.1, 0.15) is 0 Å². The number of hydrogen-bond donors (Lipinski definition) is 1. The number of hydrogen-bond acceptors (Lipinski definition) is 2. The molecule has 0 saturated carbocycles. The highest BCUT2D eigenvalue weighted by atomic mass is 14.9. The van der Waals surface area contributed by atoms with Crippen LogP contribution < -0.4 is 15.9 Å². The van der Waals surface area contributed by atoms with Crippen molar-refractivity contribution in [1.29, 1.82) is 0 Å². The largest absolute Gasteiger partial charge is 0.360 e. The summed E-state index contributed by atoms with van der Waals surface area (Å²) in [6, 6.07) is 3.94. The van der Waals surface area contributed by atoms with Crippen LogP contribution in [0.2, 0.25) is 0 Å². The normalized spacial score (nSPS) is 14.0. The molecule has 0 spiro atoms. The lowest BCUT2D eigenvalue weighted by Crippen LogP contribution is -2.33. The molecule has 0 fully saturated rings. The first-order valence-electron chi connectivity index (χ1n) is 3.45. The SMILES string of the molecule is C=C1C=c2cccnc2=CN1. The highest BCUT2D eigenvalue weighted by Crippen LogP contribution is 1.86. The van der Waals surface area contributed by atoms with Gasteiger partial charge in [0.25, 0.3) is 0 Å². The Kier molecular flexibility index (Phi) is 1.25. The van der Waals surface area contributed by atoms with Gasteiger partial charge >= 0.3 is 0 Å². The Bertz CT molecular complexity index is 404. The van der Waals surface area contributed by atoms with Gasteiger partial charge in [0.1, 0.15) is 0 Å². The van der Waals surface area contributed by atoms with Gasteiger partial charge < -0.3 is 5.32 Å². The van der Waals surface area contributed by atoms with E-state index in [9.17, 15) is 0 Å². The molecule has 1 aliphatic heterocycles. The smallest absolute Gasteiger partial charge is 0.0862 e. The second-order valence-corrected chi connectivity index (χ2v) is 2.44. The third kappa shape index (κ3) is 1.03. The van der Waals surface area contributed by atoms with Crippen molar-refractivity contribution in [3.05, 3.63) is 41.2 Å². The van der Waals surface area contributed by atoms with Gasteiger partial charge in [-0.1, -0.05) is 12.6 Å². The maximum absolute atomic E-state index is 4.16. The van der Waals surface area contributed by atoms with Crippen molar-refractivity contribution in [2.24, 2.45) is 0 Å². The molecule has 2 nitrogen and oxygen atoms in total. The van der Waals surface area contributed by atoms with Gasteiger partial charge in [-0.2, -0.15) is 0 Å². The Labute approximate surface area is 64.6 Å². The van der Waals surface area contributed by atoms with Crippen LogP contribution in [0.5, 0.6) is 0 Å². The van der Waals surface area contributed by atoms with Crippen LogP contribution in [-0.4, -0.2) is 4.98 Å². The van der Waals surface area contributed by atoms with E-state index in [1.165, 1.54) is 0 Å². The van der Waals surface area contributed by atoms with Crippen LogP contribution >= 0.6 is 0 Å². The van der Waals surface area contributed by atoms with Crippen LogP contribution in [0.3, 0.4) is 0 Å². The summed E-state index contributed by atoms with van der Waals surface area (Å²) in [7, 11) is 0. The highest BCUT2D eigenvalue weighted by molar-refractivity contribution is 5.50. The summed E-state index contributed by atoms with van der Waals surface area (Å²) in [4.78, 5) is 4.16. The van der Waals surface area contributed by atoms with Crippen molar-refractivity contribution in [3.63, 3.8) is 0 Å². The van der Waals surface area contributed by atoms with Crippen molar-refractivity contribution in [3.8, 4) is 0 Å². The average molecular weight is 144 g/mol. The third-order valence-electron chi connectivity index (χ3n) is 1.60. The summed E-state index contributed by atoms with van der Waals surface area (Å²) in [6.45, 7) is 3.79. The van der Waals surface area contributed by atoms with E-state index in [1.807, 2.05) is 24.4 Å². The number of nitrogens with zero attached hydrogens (tertiary/aromatic N) is 1. The highest BCUT2D eigenvalue weighted by Gasteiger charge is 1.92. The fourth-order valence-corrected chi connectivity index (χ4v) is 1.06. The molecule has 0 unspecified atom stereocenters. The molecule has 54 valence electrons. The number of rotatable bonds is 0. The topological polar surface area (TPSA) is 24.9 Å². The number of nitrogens with one attached hydrogen (secondary N) is 1. The molecule has 1 N–H and O–H groups in total. The first-order chi connectivity index (χ1) is 5.36. The molecule has 0 aliphatic carbocycles. The Morgan fingerprint density at radius 2 is 2.36 bits per heavy atom. The fourth-order valence-electron chi connectivity index (χ4n) is 1.06. The predicted octanol–water partition coefficient (Wildman–Crippen LogP) is -0.283. The van der Waals surface area contributed by atoms with Gasteiger partial charge in [0.15, 0.2) is 0 Å². The zero-order valence-corrected chi connectivity index (χ0v) is 6.04. The minimum atomic E-state index is 0.908. The van der Waals surface area contributed by atoms with Crippen molar-refractivity contribution >= 4 is 12.3 Å². The average Bonchev–Trinajstić information content (AvgIpc) is 2.04.